The maximum absolute atomic E-state index is 13.0. The molecular formula is C9H7Br2FO. The quantitative estimate of drug-likeness (QED) is 0.723. The third-order valence-corrected chi connectivity index (χ3v) is 3.30. The average molecular weight is 310 g/mol. The predicted molar refractivity (Wildman–Crippen MR) is 56.0 cm³/mol. The maximum Gasteiger partial charge on any atom is 0.137 e. The first-order valence-corrected chi connectivity index (χ1v) is 5.82. The predicted octanol–water partition coefficient (Wildman–Crippen LogP) is 3.29. The van der Waals surface area contributed by atoms with Crippen molar-refractivity contribution in [1.29, 1.82) is 0 Å². The van der Waals surface area contributed by atoms with E-state index in [-0.39, 0.29) is 11.9 Å². The molecule has 1 aromatic carbocycles. The summed E-state index contributed by atoms with van der Waals surface area (Å²) in [6.07, 6.45) is 0.907. The van der Waals surface area contributed by atoms with E-state index in [1.807, 2.05) is 0 Å². The summed E-state index contributed by atoms with van der Waals surface area (Å²) in [4.78, 5) is 0. The van der Waals surface area contributed by atoms with Crippen molar-refractivity contribution in [1.82, 2.24) is 0 Å². The first kappa shape index (κ1) is 9.46. The van der Waals surface area contributed by atoms with Gasteiger partial charge >= 0.3 is 0 Å². The Bertz CT molecular complexity index is 341. The zero-order valence-electron chi connectivity index (χ0n) is 6.69. The summed E-state index contributed by atoms with van der Waals surface area (Å²) < 4.78 is 19.2. The fourth-order valence-corrected chi connectivity index (χ4v) is 2.36. The van der Waals surface area contributed by atoms with Gasteiger partial charge in [0.25, 0.3) is 0 Å². The molecule has 2 rings (SSSR count). The van der Waals surface area contributed by atoms with Crippen LogP contribution >= 0.6 is 31.9 Å². The number of ether oxygens (including phenoxy) is 1. The highest BCUT2D eigenvalue weighted by atomic mass is 79.9. The molecule has 0 N–H and O–H groups in total. The Hall–Kier alpha value is -0.0900. The number of halogens is 3. The highest BCUT2D eigenvalue weighted by molar-refractivity contribution is 9.10. The Morgan fingerprint density at radius 3 is 3.00 bits per heavy atom. The zero-order valence-corrected chi connectivity index (χ0v) is 9.86. The summed E-state index contributed by atoms with van der Waals surface area (Å²) in [5.74, 6) is 0.565. The van der Waals surface area contributed by atoms with Crippen LogP contribution in [-0.2, 0) is 6.42 Å². The van der Waals surface area contributed by atoms with Gasteiger partial charge in [0.15, 0.2) is 0 Å². The molecule has 0 unspecified atom stereocenters. The first-order valence-electron chi connectivity index (χ1n) is 3.91. The molecule has 0 saturated carbocycles. The standard InChI is InChI=1S/C9H7Br2FO/c10-4-7-2-5-1-6(12)3-8(11)9(5)13-7/h1,3,7H,2,4H2/t7-/m1/s1. The van der Waals surface area contributed by atoms with E-state index in [1.54, 1.807) is 0 Å². The van der Waals surface area contributed by atoms with Gasteiger partial charge in [-0.1, -0.05) is 15.9 Å². The molecule has 0 bridgehead atoms. The van der Waals surface area contributed by atoms with E-state index in [9.17, 15) is 4.39 Å². The van der Waals surface area contributed by atoms with Crippen LogP contribution in [0.4, 0.5) is 4.39 Å². The van der Waals surface area contributed by atoms with Gasteiger partial charge in [-0.3, -0.25) is 0 Å². The highest BCUT2D eigenvalue weighted by Crippen LogP contribution is 2.37. The topological polar surface area (TPSA) is 9.23 Å². The minimum Gasteiger partial charge on any atom is -0.488 e. The van der Waals surface area contributed by atoms with E-state index in [0.717, 1.165) is 23.1 Å². The molecule has 1 heterocycles. The van der Waals surface area contributed by atoms with Crippen molar-refractivity contribution in [2.45, 2.75) is 12.5 Å². The van der Waals surface area contributed by atoms with Gasteiger partial charge in [-0.25, -0.2) is 4.39 Å². The van der Waals surface area contributed by atoms with Crippen LogP contribution in [0.25, 0.3) is 0 Å². The van der Waals surface area contributed by atoms with Crippen molar-refractivity contribution in [3.63, 3.8) is 0 Å². The van der Waals surface area contributed by atoms with Crippen molar-refractivity contribution in [3.8, 4) is 5.75 Å². The molecular weight excluding hydrogens is 303 g/mol. The smallest absolute Gasteiger partial charge is 0.137 e. The molecule has 1 atom stereocenters. The molecule has 0 saturated heterocycles. The number of alkyl halides is 1. The summed E-state index contributed by atoms with van der Waals surface area (Å²) in [5.41, 5.74) is 0.941. The van der Waals surface area contributed by atoms with Crippen molar-refractivity contribution in [2.75, 3.05) is 5.33 Å². The van der Waals surface area contributed by atoms with Gasteiger partial charge in [0.1, 0.15) is 17.7 Å². The molecule has 0 aromatic heterocycles. The molecule has 1 nitrogen and oxygen atoms in total. The van der Waals surface area contributed by atoms with Crippen LogP contribution in [0.2, 0.25) is 0 Å². The molecule has 1 aromatic rings. The molecule has 0 spiro atoms. The number of fused-ring (bicyclic) bond motifs is 1. The van der Waals surface area contributed by atoms with Gasteiger partial charge in [-0.05, 0) is 28.1 Å². The van der Waals surface area contributed by atoms with E-state index in [1.165, 1.54) is 12.1 Å². The fourth-order valence-electron chi connectivity index (χ4n) is 1.44. The van der Waals surface area contributed by atoms with Crippen LogP contribution in [0.3, 0.4) is 0 Å². The van der Waals surface area contributed by atoms with Crippen molar-refractivity contribution >= 4 is 31.9 Å². The van der Waals surface area contributed by atoms with E-state index >= 15 is 0 Å². The van der Waals surface area contributed by atoms with Crippen molar-refractivity contribution in [3.05, 3.63) is 28.0 Å². The Kier molecular flexibility index (Phi) is 2.60. The van der Waals surface area contributed by atoms with Gasteiger partial charge in [0.05, 0.1) is 4.47 Å². The first-order chi connectivity index (χ1) is 6.20. The van der Waals surface area contributed by atoms with Crippen LogP contribution in [0.5, 0.6) is 5.75 Å². The number of hydrogen-bond acceptors (Lipinski definition) is 1. The molecule has 1 aliphatic rings. The van der Waals surface area contributed by atoms with Crippen molar-refractivity contribution in [2.24, 2.45) is 0 Å². The van der Waals surface area contributed by atoms with E-state index in [4.69, 9.17) is 4.74 Å². The molecule has 13 heavy (non-hydrogen) atoms. The third-order valence-electron chi connectivity index (χ3n) is 1.99. The summed E-state index contributed by atoms with van der Waals surface area (Å²) in [6.45, 7) is 0. The third kappa shape index (κ3) is 1.74. The van der Waals surface area contributed by atoms with Crippen LogP contribution in [-0.4, -0.2) is 11.4 Å². The minimum absolute atomic E-state index is 0.132. The lowest BCUT2D eigenvalue weighted by molar-refractivity contribution is 0.259. The fraction of sp³-hybridized carbons (Fsp3) is 0.333. The second-order valence-corrected chi connectivity index (χ2v) is 4.48. The van der Waals surface area contributed by atoms with Gasteiger partial charge in [-0.15, -0.1) is 0 Å². The monoisotopic (exact) mass is 308 g/mol. The number of rotatable bonds is 1. The average Bonchev–Trinajstić information content (AvgIpc) is 2.47. The Morgan fingerprint density at radius 2 is 2.31 bits per heavy atom. The summed E-state index contributed by atoms with van der Waals surface area (Å²) in [5, 5.41) is 0.774. The lowest BCUT2D eigenvalue weighted by atomic mass is 10.1. The summed E-state index contributed by atoms with van der Waals surface area (Å²) in [6, 6.07) is 2.96. The molecule has 0 aliphatic carbocycles. The lowest BCUT2D eigenvalue weighted by Crippen LogP contribution is -2.13. The molecule has 0 radical (unpaired) electrons. The largest absolute Gasteiger partial charge is 0.488 e. The number of hydrogen-bond donors (Lipinski definition) is 0. The normalized spacial score (nSPS) is 19.8. The van der Waals surface area contributed by atoms with E-state index in [0.29, 0.717) is 4.47 Å². The Labute approximate surface area is 92.5 Å². The lowest BCUT2D eigenvalue weighted by Gasteiger charge is -2.06. The van der Waals surface area contributed by atoms with Crippen molar-refractivity contribution < 1.29 is 9.13 Å². The van der Waals surface area contributed by atoms with Gasteiger partial charge in [-0.2, -0.15) is 0 Å². The van der Waals surface area contributed by atoms with Crippen LogP contribution in [0, 0.1) is 5.82 Å². The minimum atomic E-state index is -0.218. The Balaban J connectivity index is 2.40. The highest BCUT2D eigenvalue weighted by Gasteiger charge is 2.24. The van der Waals surface area contributed by atoms with Crippen LogP contribution in [0.15, 0.2) is 16.6 Å². The van der Waals surface area contributed by atoms with Gasteiger partial charge < -0.3 is 4.74 Å². The van der Waals surface area contributed by atoms with E-state index in [2.05, 4.69) is 31.9 Å². The van der Waals surface area contributed by atoms with E-state index < -0.39 is 0 Å². The van der Waals surface area contributed by atoms with Crippen LogP contribution < -0.4 is 4.74 Å². The SMILES string of the molecule is Fc1cc(Br)c2c(c1)C[C@H](CBr)O2. The maximum atomic E-state index is 13.0. The van der Waals surface area contributed by atoms with Gasteiger partial charge in [0, 0.05) is 17.3 Å². The molecule has 1 aliphatic heterocycles. The molecule has 4 heteroatoms. The molecule has 70 valence electrons. The molecule has 0 fully saturated rings. The molecule has 0 amide bonds. The van der Waals surface area contributed by atoms with Gasteiger partial charge in [0.2, 0.25) is 0 Å². The summed E-state index contributed by atoms with van der Waals surface area (Å²) in [7, 11) is 0. The summed E-state index contributed by atoms with van der Waals surface area (Å²) >= 11 is 6.62. The number of benzene rings is 1. The second kappa shape index (κ2) is 3.58. The second-order valence-electron chi connectivity index (χ2n) is 2.97. The zero-order chi connectivity index (χ0) is 9.42. The Morgan fingerprint density at radius 1 is 1.54 bits per heavy atom. The van der Waals surface area contributed by atoms with Crippen LogP contribution in [0.1, 0.15) is 5.56 Å².